The van der Waals surface area contributed by atoms with Gasteiger partial charge in [0.25, 0.3) is 0 Å². The molecule has 1 rings (SSSR count). The lowest BCUT2D eigenvalue weighted by Crippen LogP contribution is -2.34. The van der Waals surface area contributed by atoms with E-state index in [2.05, 4.69) is 32.7 Å². The number of aliphatic hydroxyl groups is 1. The van der Waals surface area contributed by atoms with E-state index in [0.717, 1.165) is 6.54 Å². The van der Waals surface area contributed by atoms with Gasteiger partial charge in [0.15, 0.2) is 0 Å². The number of halogens is 2. The molecule has 0 fully saturated rings. The summed E-state index contributed by atoms with van der Waals surface area (Å²) in [5.74, 6) is 0.594. The Morgan fingerprint density at radius 2 is 1.84 bits per heavy atom. The fourth-order valence-corrected chi connectivity index (χ4v) is 2.41. The van der Waals surface area contributed by atoms with Crippen molar-refractivity contribution in [3.05, 3.63) is 33.8 Å². The second-order valence-electron chi connectivity index (χ2n) is 5.41. The summed E-state index contributed by atoms with van der Waals surface area (Å²) in [5.41, 5.74) is 0.708. The number of hydrogen-bond donors (Lipinski definition) is 1. The summed E-state index contributed by atoms with van der Waals surface area (Å²) in [6.45, 7) is 7.42. The Labute approximate surface area is 126 Å². The van der Waals surface area contributed by atoms with Crippen LogP contribution in [0.3, 0.4) is 0 Å². The summed E-state index contributed by atoms with van der Waals surface area (Å²) in [7, 11) is 2.08. The minimum atomic E-state index is -0.576. The van der Waals surface area contributed by atoms with Crippen LogP contribution in [0.5, 0.6) is 0 Å². The fraction of sp³-hybridized carbons (Fsp3) is 0.600. The molecule has 2 atom stereocenters. The van der Waals surface area contributed by atoms with Crippen molar-refractivity contribution in [2.75, 3.05) is 13.6 Å². The van der Waals surface area contributed by atoms with E-state index in [0.29, 0.717) is 34.0 Å². The van der Waals surface area contributed by atoms with E-state index < -0.39 is 6.10 Å². The average Bonchev–Trinajstić information content (AvgIpc) is 2.37. The van der Waals surface area contributed by atoms with E-state index in [1.54, 1.807) is 6.07 Å². The maximum atomic E-state index is 10.2. The molecule has 0 aromatic heterocycles. The van der Waals surface area contributed by atoms with Crippen LogP contribution in [0.1, 0.15) is 38.9 Å². The maximum absolute atomic E-state index is 10.2. The average molecular weight is 304 g/mol. The first-order chi connectivity index (χ1) is 8.84. The summed E-state index contributed by atoms with van der Waals surface area (Å²) in [6.07, 6.45) is 0.0705. The highest BCUT2D eigenvalue weighted by atomic mass is 35.5. The third kappa shape index (κ3) is 4.64. The molecule has 0 bridgehead atoms. The minimum Gasteiger partial charge on any atom is -0.388 e. The van der Waals surface area contributed by atoms with Gasteiger partial charge in [-0.25, -0.2) is 0 Å². The standard InChI is InChI=1S/C15H23Cl2NO/c1-10(2)11(3)18(4)9-8-14(19)12-6-5-7-13(16)15(12)17/h5-7,10-11,14,19H,8-9H2,1-4H3. The number of aliphatic hydroxyl groups excluding tert-OH is 1. The first kappa shape index (κ1) is 16.8. The maximum Gasteiger partial charge on any atom is 0.0817 e. The van der Waals surface area contributed by atoms with Crippen LogP contribution in [-0.4, -0.2) is 29.6 Å². The van der Waals surface area contributed by atoms with E-state index in [1.807, 2.05) is 12.1 Å². The van der Waals surface area contributed by atoms with Gasteiger partial charge >= 0.3 is 0 Å². The molecule has 19 heavy (non-hydrogen) atoms. The van der Waals surface area contributed by atoms with Crippen molar-refractivity contribution in [3.8, 4) is 0 Å². The third-order valence-electron chi connectivity index (χ3n) is 3.76. The molecule has 0 saturated heterocycles. The van der Waals surface area contributed by atoms with E-state index in [-0.39, 0.29) is 0 Å². The molecule has 0 aliphatic heterocycles. The Bertz CT molecular complexity index is 409. The van der Waals surface area contributed by atoms with Crippen LogP contribution in [0.25, 0.3) is 0 Å². The Morgan fingerprint density at radius 1 is 1.21 bits per heavy atom. The molecule has 2 unspecified atom stereocenters. The van der Waals surface area contributed by atoms with E-state index >= 15 is 0 Å². The zero-order valence-electron chi connectivity index (χ0n) is 12.0. The molecule has 0 radical (unpaired) electrons. The molecule has 4 heteroatoms. The SMILES string of the molecule is CC(C)C(C)N(C)CCC(O)c1cccc(Cl)c1Cl. The fourth-order valence-electron chi connectivity index (χ4n) is 1.97. The van der Waals surface area contributed by atoms with Crippen molar-refractivity contribution < 1.29 is 5.11 Å². The van der Waals surface area contributed by atoms with Gasteiger partial charge in [-0.1, -0.05) is 49.2 Å². The predicted molar refractivity (Wildman–Crippen MR) is 83.0 cm³/mol. The van der Waals surface area contributed by atoms with Gasteiger partial charge in [-0.15, -0.1) is 0 Å². The van der Waals surface area contributed by atoms with Crippen molar-refractivity contribution in [1.29, 1.82) is 0 Å². The molecule has 0 heterocycles. The Morgan fingerprint density at radius 3 is 2.42 bits per heavy atom. The molecule has 0 saturated carbocycles. The number of benzene rings is 1. The number of nitrogens with zero attached hydrogens (tertiary/aromatic N) is 1. The smallest absolute Gasteiger partial charge is 0.0817 e. The Balaban J connectivity index is 2.61. The van der Waals surface area contributed by atoms with Gasteiger partial charge in [0.2, 0.25) is 0 Å². The zero-order chi connectivity index (χ0) is 14.6. The lowest BCUT2D eigenvalue weighted by molar-refractivity contribution is 0.129. The van der Waals surface area contributed by atoms with Gasteiger partial charge in [0.1, 0.15) is 0 Å². The van der Waals surface area contributed by atoms with Crippen molar-refractivity contribution in [2.24, 2.45) is 5.92 Å². The van der Waals surface area contributed by atoms with Gasteiger partial charge in [-0.3, -0.25) is 0 Å². The Hall–Kier alpha value is -0.280. The lowest BCUT2D eigenvalue weighted by atomic mass is 10.0. The predicted octanol–water partition coefficient (Wildman–Crippen LogP) is 4.39. The van der Waals surface area contributed by atoms with Gasteiger partial charge in [0, 0.05) is 18.2 Å². The van der Waals surface area contributed by atoms with Crippen LogP contribution in [0.4, 0.5) is 0 Å². The molecule has 0 amide bonds. The summed E-state index contributed by atoms with van der Waals surface area (Å²) < 4.78 is 0. The molecule has 1 aromatic rings. The molecule has 1 aromatic carbocycles. The van der Waals surface area contributed by atoms with Crippen LogP contribution in [0.2, 0.25) is 10.0 Å². The third-order valence-corrected chi connectivity index (χ3v) is 4.59. The summed E-state index contributed by atoms with van der Waals surface area (Å²) in [6, 6.07) is 5.85. The Kier molecular flexibility index (Phi) is 6.61. The molecular weight excluding hydrogens is 281 g/mol. The molecule has 0 aliphatic carbocycles. The van der Waals surface area contributed by atoms with Gasteiger partial charge in [0.05, 0.1) is 16.1 Å². The van der Waals surface area contributed by atoms with Crippen LogP contribution in [0.15, 0.2) is 18.2 Å². The molecule has 0 spiro atoms. The van der Waals surface area contributed by atoms with Crippen LogP contribution in [-0.2, 0) is 0 Å². The quantitative estimate of drug-likeness (QED) is 0.842. The second-order valence-corrected chi connectivity index (χ2v) is 6.20. The van der Waals surface area contributed by atoms with Crippen molar-refractivity contribution in [3.63, 3.8) is 0 Å². The molecule has 108 valence electrons. The molecule has 2 nitrogen and oxygen atoms in total. The first-order valence-corrected chi connectivity index (χ1v) is 7.42. The summed E-state index contributed by atoms with van der Waals surface area (Å²) in [4.78, 5) is 2.26. The number of rotatable bonds is 6. The highest BCUT2D eigenvalue weighted by molar-refractivity contribution is 6.42. The van der Waals surface area contributed by atoms with Crippen molar-refractivity contribution in [2.45, 2.75) is 39.3 Å². The number of hydrogen-bond acceptors (Lipinski definition) is 2. The van der Waals surface area contributed by atoms with Gasteiger partial charge in [-0.05, 0) is 32.4 Å². The first-order valence-electron chi connectivity index (χ1n) is 6.66. The van der Waals surface area contributed by atoms with Crippen LogP contribution >= 0.6 is 23.2 Å². The van der Waals surface area contributed by atoms with Gasteiger partial charge in [-0.2, -0.15) is 0 Å². The highest BCUT2D eigenvalue weighted by Gasteiger charge is 2.17. The molecule has 1 N–H and O–H groups in total. The van der Waals surface area contributed by atoms with Crippen molar-refractivity contribution >= 4 is 23.2 Å². The van der Waals surface area contributed by atoms with E-state index in [9.17, 15) is 5.11 Å². The summed E-state index contributed by atoms with van der Waals surface area (Å²) >= 11 is 12.1. The van der Waals surface area contributed by atoms with Gasteiger partial charge < -0.3 is 10.0 Å². The monoisotopic (exact) mass is 303 g/mol. The van der Waals surface area contributed by atoms with Crippen molar-refractivity contribution in [1.82, 2.24) is 4.90 Å². The summed E-state index contributed by atoms with van der Waals surface area (Å²) in [5, 5.41) is 11.2. The topological polar surface area (TPSA) is 23.5 Å². The molecule has 0 aliphatic rings. The largest absolute Gasteiger partial charge is 0.388 e. The second kappa shape index (κ2) is 7.49. The zero-order valence-corrected chi connectivity index (χ0v) is 13.5. The molecular formula is C15H23Cl2NO. The van der Waals surface area contributed by atoms with E-state index in [1.165, 1.54) is 0 Å². The minimum absolute atomic E-state index is 0.455. The highest BCUT2D eigenvalue weighted by Crippen LogP contribution is 2.31. The normalized spacial score (nSPS) is 15.0. The lowest BCUT2D eigenvalue weighted by Gasteiger charge is -2.28. The van der Waals surface area contributed by atoms with Crippen LogP contribution < -0.4 is 0 Å². The van der Waals surface area contributed by atoms with E-state index in [4.69, 9.17) is 23.2 Å². The van der Waals surface area contributed by atoms with Crippen LogP contribution in [0, 0.1) is 5.92 Å².